The largest absolute Gasteiger partial charge is 0.351 e. The lowest BCUT2D eigenvalue weighted by Gasteiger charge is -2.12. The molecule has 0 N–H and O–H groups in total. The van der Waals surface area contributed by atoms with Crippen molar-refractivity contribution in [1.82, 2.24) is 49.7 Å². The third kappa shape index (κ3) is 13.3. The van der Waals surface area contributed by atoms with Crippen molar-refractivity contribution in [3.05, 3.63) is 191 Å². The van der Waals surface area contributed by atoms with E-state index in [1.165, 1.54) is 98.8 Å². The normalized spacial score (nSPS) is 10.8. The van der Waals surface area contributed by atoms with Gasteiger partial charge < -0.3 is 9.80 Å². The molecule has 0 spiro atoms. The van der Waals surface area contributed by atoms with E-state index in [-0.39, 0.29) is 0 Å². The molecule has 412 valence electrons. The molecule has 2 amide bonds. The van der Waals surface area contributed by atoms with E-state index < -0.39 is 0 Å². The van der Waals surface area contributed by atoms with Crippen molar-refractivity contribution in [3.8, 4) is 86.8 Å². The molecule has 4 aromatic carbocycles. The van der Waals surface area contributed by atoms with Gasteiger partial charge in [0.05, 0.1) is 0 Å². The Balaban J connectivity index is 0.000000170. The zero-order chi connectivity index (χ0) is 58.2. The van der Waals surface area contributed by atoms with Crippen molar-refractivity contribution in [2.24, 2.45) is 0 Å². The van der Waals surface area contributed by atoms with Crippen LogP contribution in [0.2, 0.25) is 0 Å². The van der Waals surface area contributed by atoms with Crippen LogP contribution in [0.3, 0.4) is 0 Å². The molecule has 0 aliphatic rings. The van der Waals surface area contributed by atoms with Crippen LogP contribution in [0.15, 0.2) is 147 Å². The van der Waals surface area contributed by atoms with Crippen molar-refractivity contribution in [2.75, 3.05) is 28.2 Å². The van der Waals surface area contributed by atoms with Gasteiger partial charge >= 0.3 is 0 Å². The van der Waals surface area contributed by atoms with E-state index in [4.69, 9.17) is 19.9 Å². The lowest BCUT2D eigenvalue weighted by Crippen LogP contribution is -2.06. The quantitative estimate of drug-likeness (QED) is 0.121. The number of benzene rings is 4. The van der Waals surface area contributed by atoms with Crippen LogP contribution in [-0.4, -0.2) is 90.7 Å². The Hall–Kier alpha value is -8.54. The number of hydrogen-bond donors (Lipinski definition) is 0. The van der Waals surface area contributed by atoms with Crippen molar-refractivity contribution in [2.45, 2.75) is 55.4 Å². The molecular formula is C66H62N10O2S4. The SMILES string of the molecule is CN(C)C=O.CN(C)C=O.Cc1cc(-c2nc3sc(-c4cc(C)c(-c5ccncc5)c(C)c4)nc3s2)cc(C)c1-c1ccncc1.Cc1cc(-c2nc3sc(-c4cc(C)c(-c5ccncc5)c(C)c4)nc3s2)cc(C)c1-c1ccncc1. The zero-order valence-electron chi connectivity index (χ0n) is 47.9. The van der Waals surface area contributed by atoms with E-state index in [1.807, 2.05) is 49.6 Å². The van der Waals surface area contributed by atoms with Crippen LogP contribution in [0, 0.1) is 55.4 Å². The van der Waals surface area contributed by atoms with Gasteiger partial charge in [-0.3, -0.25) is 29.5 Å². The minimum atomic E-state index is 0.750. The maximum atomic E-state index is 9.43. The van der Waals surface area contributed by atoms with Crippen molar-refractivity contribution < 1.29 is 9.59 Å². The van der Waals surface area contributed by atoms with E-state index in [0.29, 0.717) is 0 Å². The lowest BCUT2D eigenvalue weighted by atomic mass is 9.94. The third-order valence-electron chi connectivity index (χ3n) is 13.4. The van der Waals surface area contributed by atoms with Gasteiger partial charge in [-0.2, -0.15) is 0 Å². The fourth-order valence-electron chi connectivity index (χ4n) is 10.0. The molecule has 8 aromatic heterocycles. The summed E-state index contributed by atoms with van der Waals surface area (Å²) in [4.78, 5) is 62.3. The zero-order valence-corrected chi connectivity index (χ0v) is 51.2. The van der Waals surface area contributed by atoms with E-state index >= 15 is 0 Å². The standard InChI is InChI=1S/2C30H24N4S2.2C3H7NO/c2*1-17-13-23(14-18(2)25(17)21-5-9-31-10-6-21)27-33-29-30(35-27)34-28(36-29)24-15-19(3)26(20(4)16-24)22-7-11-32-12-8-22;2*1-4(2)3-5/h2*5-16H,1-4H3;2*3H,1-2H3. The van der Waals surface area contributed by atoms with Crippen molar-refractivity contribution in [3.63, 3.8) is 0 Å². The summed E-state index contributed by atoms with van der Waals surface area (Å²) < 4.78 is 0. The third-order valence-corrected chi connectivity index (χ3v) is 17.6. The average Bonchev–Trinajstić information content (AvgIpc) is 4.32. The molecule has 0 unspecified atom stereocenters. The van der Waals surface area contributed by atoms with Gasteiger partial charge in [0.15, 0.2) is 19.3 Å². The molecule has 82 heavy (non-hydrogen) atoms. The highest BCUT2D eigenvalue weighted by atomic mass is 32.1. The van der Waals surface area contributed by atoms with Gasteiger partial charge in [-0.1, -0.05) is 45.3 Å². The molecule has 12 aromatic rings. The van der Waals surface area contributed by atoms with Crippen LogP contribution in [0.1, 0.15) is 44.5 Å². The summed E-state index contributed by atoms with van der Waals surface area (Å²) in [6.07, 6.45) is 16.2. The maximum Gasteiger partial charge on any atom is 0.209 e. The van der Waals surface area contributed by atoms with Gasteiger partial charge in [0, 0.05) is 100 Å². The van der Waals surface area contributed by atoms with E-state index in [9.17, 15) is 9.59 Å². The monoisotopic (exact) mass is 1150 g/mol. The Morgan fingerprint density at radius 3 is 0.598 bits per heavy atom. The molecule has 12 nitrogen and oxygen atoms in total. The van der Waals surface area contributed by atoms with Crippen LogP contribution in [0.4, 0.5) is 0 Å². The van der Waals surface area contributed by atoms with Gasteiger partial charge in [0.1, 0.15) is 20.0 Å². The fraction of sp³-hybridized carbons (Fsp3) is 0.182. The molecule has 8 heterocycles. The molecule has 0 radical (unpaired) electrons. The van der Waals surface area contributed by atoms with Crippen LogP contribution in [0.25, 0.3) is 106 Å². The number of rotatable bonds is 10. The Morgan fingerprint density at radius 2 is 0.451 bits per heavy atom. The molecular weight excluding hydrogens is 1090 g/mol. The summed E-state index contributed by atoms with van der Waals surface area (Å²) in [6.45, 7) is 17.3. The summed E-state index contributed by atoms with van der Waals surface area (Å²) in [7, 11) is 6.75. The fourth-order valence-corrected chi connectivity index (χ4v) is 14.1. The first-order valence-electron chi connectivity index (χ1n) is 26.4. The second kappa shape index (κ2) is 25.9. The first kappa shape index (κ1) is 58.1. The molecule has 0 bridgehead atoms. The molecule has 0 aliphatic carbocycles. The van der Waals surface area contributed by atoms with Crippen LogP contribution in [0.5, 0.6) is 0 Å². The average molecular weight is 1160 g/mol. The Morgan fingerprint density at radius 1 is 0.293 bits per heavy atom. The number of thiazole rings is 4. The molecule has 0 fully saturated rings. The van der Waals surface area contributed by atoms with Crippen LogP contribution >= 0.6 is 45.3 Å². The first-order chi connectivity index (χ1) is 39.5. The van der Waals surface area contributed by atoms with Gasteiger partial charge in [-0.15, -0.1) is 0 Å². The highest BCUT2D eigenvalue weighted by Gasteiger charge is 2.20. The topological polar surface area (TPSA) is 144 Å². The molecule has 12 rings (SSSR count). The Kier molecular flexibility index (Phi) is 18.4. The minimum absolute atomic E-state index is 0.750. The second-order valence-corrected chi connectivity index (χ2v) is 24.2. The predicted octanol–water partition coefficient (Wildman–Crippen LogP) is 16.3. The lowest BCUT2D eigenvalue weighted by molar-refractivity contribution is -0.116. The number of hydrogen-bond acceptors (Lipinski definition) is 14. The van der Waals surface area contributed by atoms with E-state index in [1.54, 1.807) is 73.5 Å². The number of fused-ring (bicyclic) bond motifs is 2. The van der Waals surface area contributed by atoms with Crippen molar-refractivity contribution >= 4 is 77.5 Å². The number of aromatic nitrogens is 8. The summed E-state index contributed by atoms with van der Waals surface area (Å²) >= 11 is 6.66. The highest BCUT2D eigenvalue weighted by Crippen LogP contribution is 2.43. The molecule has 0 saturated heterocycles. The highest BCUT2D eigenvalue weighted by molar-refractivity contribution is 7.30. The van der Waals surface area contributed by atoms with Gasteiger partial charge in [0.25, 0.3) is 0 Å². The minimum Gasteiger partial charge on any atom is -0.351 e. The molecule has 0 atom stereocenters. The summed E-state index contributed by atoms with van der Waals surface area (Å²) in [5.74, 6) is 0. The number of carbonyl (C=O) groups excluding carboxylic acids is 2. The van der Waals surface area contributed by atoms with Gasteiger partial charge in [-0.05, 0) is 241 Å². The van der Waals surface area contributed by atoms with Crippen LogP contribution < -0.4 is 0 Å². The molecule has 16 heteroatoms. The summed E-state index contributed by atoms with van der Waals surface area (Å²) in [5.41, 5.74) is 24.3. The predicted molar refractivity (Wildman–Crippen MR) is 343 cm³/mol. The first-order valence-corrected chi connectivity index (χ1v) is 29.6. The number of aryl methyl sites for hydroxylation is 8. The van der Waals surface area contributed by atoms with E-state index in [0.717, 1.165) is 74.4 Å². The Bertz CT molecular complexity index is 3520. The van der Waals surface area contributed by atoms with Crippen LogP contribution in [-0.2, 0) is 9.59 Å². The van der Waals surface area contributed by atoms with E-state index in [2.05, 4.69) is 172 Å². The van der Waals surface area contributed by atoms with Gasteiger partial charge in [-0.25, -0.2) is 19.9 Å². The van der Waals surface area contributed by atoms with Gasteiger partial charge in [0.2, 0.25) is 12.8 Å². The summed E-state index contributed by atoms with van der Waals surface area (Å²) in [5, 5.41) is 4.07. The maximum absolute atomic E-state index is 9.43. The number of nitrogens with zero attached hydrogens (tertiary/aromatic N) is 10. The number of amides is 2. The Labute approximate surface area is 495 Å². The number of pyridine rings is 4. The second-order valence-electron chi connectivity index (χ2n) is 20.3. The number of carbonyl (C=O) groups is 2. The summed E-state index contributed by atoms with van der Waals surface area (Å²) in [6, 6.07) is 34.4. The van der Waals surface area contributed by atoms with Crippen molar-refractivity contribution in [1.29, 1.82) is 0 Å². The molecule has 0 saturated carbocycles. The molecule has 0 aliphatic heterocycles. The smallest absolute Gasteiger partial charge is 0.209 e.